The molecule has 6 nitrogen and oxygen atoms in total. The second-order valence-corrected chi connectivity index (χ2v) is 9.20. The maximum atomic E-state index is 12.5. The highest BCUT2D eigenvalue weighted by atomic mass is 35.5. The Hall–Kier alpha value is -2.25. The maximum absolute atomic E-state index is 12.5. The number of carbonyl (C=O) groups excluding carboxylic acids is 1. The Balaban J connectivity index is 2.26. The zero-order valence-corrected chi connectivity index (χ0v) is 16.3. The summed E-state index contributed by atoms with van der Waals surface area (Å²) < 4.78 is 27.5. The van der Waals surface area contributed by atoms with Gasteiger partial charge in [-0.15, -0.1) is 0 Å². The molecule has 0 saturated heterocycles. The van der Waals surface area contributed by atoms with E-state index in [-0.39, 0.29) is 34.1 Å². The summed E-state index contributed by atoms with van der Waals surface area (Å²) in [5, 5.41) is 12.9. The van der Waals surface area contributed by atoms with Gasteiger partial charge in [0.2, 0.25) is 5.91 Å². The largest absolute Gasteiger partial charge is 0.506 e. The second-order valence-electron chi connectivity index (χ2n) is 7.08. The Morgan fingerprint density at radius 1 is 1.15 bits per heavy atom. The third kappa shape index (κ3) is 5.64. The van der Waals surface area contributed by atoms with E-state index in [0.717, 1.165) is 0 Å². The fraction of sp³-hybridized carbons (Fsp3) is 0.278. The SMILES string of the molecule is CC(C)(C)CC(=O)Nc1cc(S(=O)(=O)Nc2cccc(Cl)c2)ccc1O. The molecule has 2 aromatic carbocycles. The molecule has 2 aromatic rings. The van der Waals surface area contributed by atoms with Crippen LogP contribution in [0.3, 0.4) is 0 Å². The molecule has 0 radical (unpaired) electrons. The summed E-state index contributed by atoms with van der Waals surface area (Å²) in [6, 6.07) is 9.98. The summed E-state index contributed by atoms with van der Waals surface area (Å²) >= 11 is 5.86. The second kappa shape index (κ2) is 7.55. The number of carbonyl (C=O) groups is 1. The molecule has 140 valence electrons. The lowest BCUT2D eigenvalue weighted by Gasteiger charge is -2.18. The quantitative estimate of drug-likeness (QED) is 0.659. The number of benzene rings is 2. The van der Waals surface area contributed by atoms with Crippen LogP contribution in [0, 0.1) is 5.41 Å². The average molecular weight is 397 g/mol. The van der Waals surface area contributed by atoms with E-state index in [0.29, 0.717) is 10.7 Å². The van der Waals surface area contributed by atoms with Crippen molar-refractivity contribution in [1.82, 2.24) is 0 Å². The number of halogens is 1. The van der Waals surface area contributed by atoms with Crippen LogP contribution in [-0.2, 0) is 14.8 Å². The van der Waals surface area contributed by atoms with Crippen molar-refractivity contribution in [3.8, 4) is 5.75 Å². The van der Waals surface area contributed by atoms with Crippen LogP contribution in [0.25, 0.3) is 0 Å². The van der Waals surface area contributed by atoms with E-state index in [1.165, 1.54) is 24.3 Å². The zero-order chi connectivity index (χ0) is 19.5. The monoisotopic (exact) mass is 396 g/mol. The van der Waals surface area contributed by atoms with Crippen LogP contribution >= 0.6 is 11.6 Å². The number of hydrogen-bond donors (Lipinski definition) is 3. The Labute approximate surface area is 158 Å². The van der Waals surface area contributed by atoms with Gasteiger partial charge in [0.15, 0.2) is 0 Å². The Kier molecular flexibility index (Phi) is 5.83. The van der Waals surface area contributed by atoms with Crippen molar-refractivity contribution in [3.63, 3.8) is 0 Å². The first kappa shape index (κ1) is 20.1. The third-order valence-electron chi connectivity index (χ3n) is 3.32. The molecule has 0 aromatic heterocycles. The summed E-state index contributed by atoms with van der Waals surface area (Å²) in [6.45, 7) is 5.71. The average Bonchev–Trinajstić information content (AvgIpc) is 2.47. The molecule has 0 saturated carbocycles. The topological polar surface area (TPSA) is 95.5 Å². The van der Waals surface area contributed by atoms with Gasteiger partial charge in [-0.25, -0.2) is 8.42 Å². The minimum Gasteiger partial charge on any atom is -0.506 e. The van der Waals surface area contributed by atoms with Crippen LogP contribution in [-0.4, -0.2) is 19.4 Å². The first-order chi connectivity index (χ1) is 12.0. The molecule has 8 heteroatoms. The van der Waals surface area contributed by atoms with Gasteiger partial charge in [0, 0.05) is 11.4 Å². The molecule has 2 rings (SSSR count). The minimum atomic E-state index is -3.91. The van der Waals surface area contributed by atoms with Crippen molar-refractivity contribution >= 4 is 38.9 Å². The van der Waals surface area contributed by atoms with Crippen molar-refractivity contribution in [1.29, 1.82) is 0 Å². The highest BCUT2D eigenvalue weighted by Gasteiger charge is 2.20. The van der Waals surface area contributed by atoms with Crippen LogP contribution in [0.5, 0.6) is 5.75 Å². The van der Waals surface area contributed by atoms with E-state index in [1.54, 1.807) is 18.2 Å². The Bertz CT molecular complexity index is 921. The normalized spacial score (nSPS) is 11.8. The standard InChI is InChI=1S/C18H21ClN2O4S/c1-18(2,3)11-17(23)20-15-10-14(7-8-16(15)22)26(24,25)21-13-6-4-5-12(19)9-13/h4-10,21-22H,11H2,1-3H3,(H,20,23). The number of anilines is 2. The van der Waals surface area contributed by atoms with Gasteiger partial charge in [-0.2, -0.15) is 0 Å². The minimum absolute atomic E-state index is 0.0354. The van der Waals surface area contributed by atoms with Crippen molar-refractivity contribution in [3.05, 3.63) is 47.5 Å². The highest BCUT2D eigenvalue weighted by Crippen LogP contribution is 2.29. The molecule has 0 aliphatic heterocycles. The Morgan fingerprint density at radius 3 is 2.46 bits per heavy atom. The summed E-state index contributed by atoms with van der Waals surface area (Å²) in [7, 11) is -3.91. The molecule has 1 amide bonds. The van der Waals surface area contributed by atoms with Crippen LogP contribution in [0.4, 0.5) is 11.4 Å². The van der Waals surface area contributed by atoms with E-state index >= 15 is 0 Å². The lowest BCUT2D eigenvalue weighted by molar-refractivity contribution is -0.117. The van der Waals surface area contributed by atoms with Gasteiger partial charge in [-0.3, -0.25) is 9.52 Å². The van der Waals surface area contributed by atoms with Crippen molar-refractivity contribution < 1.29 is 18.3 Å². The van der Waals surface area contributed by atoms with Crippen molar-refractivity contribution in [2.24, 2.45) is 5.41 Å². The van der Waals surface area contributed by atoms with Crippen LogP contribution in [0.1, 0.15) is 27.2 Å². The molecule has 3 N–H and O–H groups in total. The summed E-state index contributed by atoms with van der Waals surface area (Å²) in [5.41, 5.74) is 0.106. The van der Waals surface area contributed by atoms with Crippen LogP contribution in [0.2, 0.25) is 5.02 Å². The number of amides is 1. The molecule has 0 spiro atoms. The molecule has 0 heterocycles. The van der Waals surface area contributed by atoms with Gasteiger partial charge in [-0.1, -0.05) is 38.4 Å². The number of phenolic OH excluding ortho intramolecular Hbond substituents is 1. The lowest BCUT2D eigenvalue weighted by atomic mass is 9.92. The van der Waals surface area contributed by atoms with Gasteiger partial charge in [0.1, 0.15) is 5.75 Å². The predicted octanol–water partition coefficient (Wildman–Crippen LogP) is 4.22. The van der Waals surface area contributed by atoms with E-state index in [2.05, 4.69) is 10.0 Å². The molecule has 0 aliphatic rings. The fourth-order valence-corrected chi connectivity index (χ4v) is 3.49. The highest BCUT2D eigenvalue weighted by molar-refractivity contribution is 7.92. The number of sulfonamides is 1. The maximum Gasteiger partial charge on any atom is 0.261 e. The summed E-state index contributed by atoms with van der Waals surface area (Å²) in [5.74, 6) is -0.529. The lowest BCUT2D eigenvalue weighted by Crippen LogP contribution is -2.20. The third-order valence-corrected chi connectivity index (χ3v) is 4.93. The Morgan fingerprint density at radius 2 is 1.85 bits per heavy atom. The van der Waals surface area contributed by atoms with Gasteiger partial charge in [0.25, 0.3) is 10.0 Å². The molecule has 0 bridgehead atoms. The van der Waals surface area contributed by atoms with E-state index in [1.807, 2.05) is 20.8 Å². The molecular formula is C18H21ClN2O4S. The van der Waals surface area contributed by atoms with E-state index < -0.39 is 10.0 Å². The number of rotatable bonds is 5. The number of hydrogen-bond acceptors (Lipinski definition) is 4. The smallest absolute Gasteiger partial charge is 0.261 e. The molecular weight excluding hydrogens is 376 g/mol. The molecule has 26 heavy (non-hydrogen) atoms. The molecule has 0 fully saturated rings. The van der Waals surface area contributed by atoms with Crippen molar-refractivity contribution in [2.45, 2.75) is 32.1 Å². The zero-order valence-electron chi connectivity index (χ0n) is 14.7. The van der Waals surface area contributed by atoms with Gasteiger partial charge in [-0.05, 0) is 41.8 Å². The van der Waals surface area contributed by atoms with Crippen LogP contribution < -0.4 is 10.0 Å². The number of aromatic hydroxyl groups is 1. The first-order valence-corrected chi connectivity index (χ1v) is 9.74. The molecule has 0 aliphatic carbocycles. The fourth-order valence-electron chi connectivity index (χ4n) is 2.22. The van der Waals surface area contributed by atoms with Crippen LogP contribution in [0.15, 0.2) is 47.4 Å². The molecule has 0 atom stereocenters. The van der Waals surface area contributed by atoms with E-state index in [4.69, 9.17) is 11.6 Å². The summed E-state index contributed by atoms with van der Waals surface area (Å²) in [6.07, 6.45) is 0.226. The first-order valence-electron chi connectivity index (χ1n) is 7.87. The van der Waals surface area contributed by atoms with E-state index in [9.17, 15) is 18.3 Å². The van der Waals surface area contributed by atoms with Gasteiger partial charge >= 0.3 is 0 Å². The summed E-state index contributed by atoms with van der Waals surface area (Å²) in [4.78, 5) is 12.0. The number of phenols is 1. The van der Waals surface area contributed by atoms with Crippen molar-refractivity contribution in [2.75, 3.05) is 10.0 Å². The number of nitrogens with one attached hydrogen (secondary N) is 2. The predicted molar refractivity (Wildman–Crippen MR) is 103 cm³/mol. The van der Waals surface area contributed by atoms with Gasteiger partial charge < -0.3 is 10.4 Å². The van der Waals surface area contributed by atoms with Gasteiger partial charge in [0.05, 0.1) is 16.3 Å². The molecule has 0 unspecified atom stereocenters.